The molecule has 0 aromatic carbocycles. The summed E-state index contributed by atoms with van der Waals surface area (Å²) in [6.45, 7) is -0.890. The van der Waals surface area contributed by atoms with Gasteiger partial charge in [0.25, 0.3) is 0 Å². The number of halogens is 1. The van der Waals surface area contributed by atoms with E-state index in [0.717, 1.165) is 0 Å². The molecule has 1 N–H and O–H groups in total. The van der Waals surface area contributed by atoms with Crippen LogP contribution in [0.15, 0.2) is 0 Å². The van der Waals surface area contributed by atoms with E-state index in [0.29, 0.717) is 0 Å². The van der Waals surface area contributed by atoms with Gasteiger partial charge in [-0.15, -0.1) is 0 Å². The van der Waals surface area contributed by atoms with Crippen molar-refractivity contribution in [1.29, 1.82) is 5.16 Å². The summed E-state index contributed by atoms with van der Waals surface area (Å²) in [6, 6.07) is 0. The first-order valence-electron chi connectivity index (χ1n) is 1.51. The van der Waals surface area contributed by atoms with Crippen LogP contribution < -0.4 is 0 Å². The molecule has 2 radical (unpaired) electrons. The van der Waals surface area contributed by atoms with Crippen molar-refractivity contribution < 1.29 is 4.39 Å². The van der Waals surface area contributed by atoms with Gasteiger partial charge < -0.3 is 5.16 Å². The first-order chi connectivity index (χ1) is 2.56. The largest absolute Gasteiger partial charge is 0.327 e. The zero-order valence-corrected chi connectivity index (χ0v) is 4.50. The molecule has 1 atom stereocenters. The van der Waals surface area contributed by atoms with Crippen molar-refractivity contribution in [3.05, 3.63) is 0 Å². The molecule has 0 aliphatic carbocycles. The van der Waals surface area contributed by atoms with Crippen molar-refractivity contribution in [2.45, 2.75) is 0 Å². The molecule has 4 heteroatoms. The van der Waals surface area contributed by atoms with Gasteiger partial charge in [0, 0.05) is 0 Å². The minimum atomic E-state index is -2.31. The van der Waals surface area contributed by atoms with Gasteiger partial charge in [-0.2, -0.15) is 0 Å². The first-order valence-corrected chi connectivity index (χ1v) is 4.00. The maximum Gasteiger partial charge on any atom is 0.137 e. The molecule has 0 amide bonds. The third-order valence-corrected chi connectivity index (χ3v) is 0.745. The van der Waals surface area contributed by atoms with Crippen LogP contribution in [0.5, 0.6) is 0 Å². The molecule has 0 aliphatic heterocycles. The third kappa shape index (κ3) is 4.22. The van der Waals surface area contributed by atoms with Crippen molar-refractivity contribution in [2.24, 2.45) is 0 Å². The molecular weight excluding hydrogens is 98.8 g/mol. The van der Waals surface area contributed by atoms with Crippen LogP contribution in [0, 0.1) is 5.16 Å². The lowest BCUT2D eigenvalue weighted by Gasteiger charge is -1.99. The van der Waals surface area contributed by atoms with E-state index in [9.17, 15) is 4.39 Å². The number of alkyl halides is 1. The molecule has 0 aromatic heterocycles. The minimum absolute atomic E-state index is 0.674. The van der Waals surface area contributed by atoms with Gasteiger partial charge in [0.15, 0.2) is 0 Å². The lowest BCUT2D eigenvalue weighted by atomic mass is 10.8. The Labute approximate surface area is 38.2 Å². The van der Waals surface area contributed by atoms with Crippen molar-refractivity contribution in [3.8, 4) is 0 Å². The van der Waals surface area contributed by atoms with Gasteiger partial charge in [0.05, 0.1) is 0 Å². The Kier molecular flexibility index (Phi) is 1.85. The van der Waals surface area contributed by atoms with E-state index < -0.39 is 13.3 Å². The molecule has 0 aliphatic rings. The highest BCUT2D eigenvalue weighted by Gasteiger charge is 1.95. The third-order valence-electron chi connectivity index (χ3n) is 0.248. The molecule has 6 heavy (non-hydrogen) atoms. The average molecular weight is 105 g/mol. The van der Waals surface area contributed by atoms with Crippen molar-refractivity contribution in [3.63, 3.8) is 0 Å². The molecule has 0 spiro atoms. The fourth-order valence-electron chi connectivity index (χ4n) is 0. The smallest absolute Gasteiger partial charge is 0.137 e. The van der Waals surface area contributed by atoms with E-state index in [4.69, 9.17) is 12.7 Å². The number of hydrogen-bond acceptors (Lipinski definition) is 1. The summed E-state index contributed by atoms with van der Waals surface area (Å²) in [5, 5.41) is 6.69. The Hall–Kier alpha value is 0.225. The summed E-state index contributed by atoms with van der Waals surface area (Å²) in [6.07, 6.45) is -0.674. The summed E-state index contributed by atoms with van der Waals surface area (Å²) in [7, 11) is 4.94. The van der Waals surface area contributed by atoms with Crippen molar-refractivity contribution in [1.82, 2.24) is 0 Å². The Bertz CT molecular complexity index is 77.6. The topological polar surface area (TPSA) is 23.9 Å². The lowest BCUT2D eigenvalue weighted by molar-refractivity contribution is 0.599. The van der Waals surface area contributed by atoms with Crippen molar-refractivity contribution in [2.75, 3.05) is 13.1 Å². The molecule has 0 rings (SSSR count). The summed E-state index contributed by atoms with van der Waals surface area (Å²) in [5.74, 6) is 0. The van der Waals surface area contributed by atoms with Gasteiger partial charge in [-0.3, -0.25) is 0 Å². The summed E-state index contributed by atoms with van der Waals surface area (Å²) in [5.41, 5.74) is 0. The van der Waals surface area contributed by atoms with Crippen LogP contribution in [-0.2, 0) is 0 Å². The normalized spacial score (nSPS) is 19.7. The highest BCUT2D eigenvalue weighted by atomic mass is 31.2. The number of nitrogens with one attached hydrogen (secondary N) is 1. The predicted octanol–water partition coefficient (Wildman–Crippen LogP) is 1.41. The highest BCUT2D eigenvalue weighted by Crippen LogP contribution is 2.34. The lowest BCUT2D eigenvalue weighted by Crippen LogP contribution is -1.74. The second-order valence-corrected chi connectivity index (χ2v) is 4.16. The van der Waals surface area contributed by atoms with E-state index in [1.54, 1.807) is 0 Å². The van der Waals surface area contributed by atoms with Crippen LogP contribution in [0.3, 0.4) is 0 Å². The Morgan fingerprint density at radius 3 is 2.17 bits per heavy atom. The van der Waals surface area contributed by atoms with Crippen molar-refractivity contribution >= 4 is 14.5 Å². The van der Waals surface area contributed by atoms with Crippen LogP contribution in [0.2, 0.25) is 0 Å². The predicted molar refractivity (Wildman–Crippen MR) is 27.3 cm³/mol. The quantitative estimate of drug-likeness (QED) is 0.385. The molecule has 0 heterocycles. The molecule has 1 unspecified atom stereocenters. The minimum Gasteiger partial charge on any atom is -0.327 e. The van der Waals surface area contributed by atoms with Crippen LogP contribution >= 0.6 is 6.93 Å². The SMILES string of the molecule is [B]P(C)(=N)CF. The van der Waals surface area contributed by atoms with Gasteiger partial charge in [-0.25, -0.2) is 4.39 Å². The van der Waals surface area contributed by atoms with Crippen LogP contribution in [0.25, 0.3) is 0 Å². The van der Waals surface area contributed by atoms with Crippen LogP contribution in [0.1, 0.15) is 0 Å². The van der Waals surface area contributed by atoms with E-state index >= 15 is 0 Å². The van der Waals surface area contributed by atoms with Gasteiger partial charge in [0.1, 0.15) is 14.0 Å². The maximum atomic E-state index is 11.2. The molecule has 0 bridgehead atoms. The fourth-order valence-corrected chi connectivity index (χ4v) is 0. The summed E-state index contributed by atoms with van der Waals surface area (Å²) < 4.78 is 11.2. The maximum absolute atomic E-state index is 11.2. The summed E-state index contributed by atoms with van der Waals surface area (Å²) in [4.78, 5) is 0. The Balaban J connectivity index is 3.48. The van der Waals surface area contributed by atoms with Crippen LogP contribution in [-0.4, -0.2) is 20.6 Å². The molecule has 34 valence electrons. The molecule has 0 fully saturated rings. The van der Waals surface area contributed by atoms with Crippen LogP contribution in [0.4, 0.5) is 4.39 Å². The Morgan fingerprint density at radius 1 is 2.00 bits per heavy atom. The second kappa shape index (κ2) is 1.79. The van der Waals surface area contributed by atoms with Gasteiger partial charge in [-0.1, -0.05) is 0 Å². The second-order valence-electron chi connectivity index (χ2n) is 1.39. The molecular formula is C2H6BFNP. The highest BCUT2D eigenvalue weighted by molar-refractivity contribution is 7.87. The van der Waals surface area contributed by atoms with Gasteiger partial charge in [-0.05, 0) is 13.6 Å². The number of hydrogen-bond donors (Lipinski definition) is 1. The molecule has 1 nitrogen and oxygen atoms in total. The van der Waals surface area contributed by atoms with Gasteiger partial charge >= 0.3 is 0 Å². The van der Waals surface area contributed by atoms with E-state index in [1.165, 1.54) is 6.66 Å². The molecule has 0 aromatic rings. The average Bonchev–Trinajstić information content (AvgIpc) is 1.35. The molecule has 0 saturated carbocycles. The van der Waals surface area contributed by atoms with E-state index in [2.05, 4.69) is 0 Å². The van der Waals surface area contributed by atoms with Gasteiger partial charge in [0.2, 0.25) is 0 Å². The zero-order valence-electron chi connectivity index (χ0n) is 3.61. The standard InChI is InChI=1S/C2H6BFNP/c1-6(3,5)2-4/h5H,2H2,1H3. The first kappa shape index (κ1) is 6.22. The van der Waals surface area contributed by atoms with E-state index in [-0.39, 0.29) is 0 Å². The molecule has 0 saturated heterocycles. The Morgan fingerprint density at radius 2 is 2.17 bits per heavy atom. The summed E-state index contributed by atoms with van der Waals surface area (Å²) >= 11 is 0. The fraction of sp³-hybridized carbons (Fsp3) is 1.00. The number of rotatable bonds is 1. The zero-order chi connectivity index (χ0) is 5.21. The van der Waals surface area contributed by atoms with E-state index in [1.807, 2.05) is 0 Å². The monoisotopic (exact) mass is 105 g/mol.